The number of aromatic nitrogens is 2. The summed E-state index contributed by atoms with van der Waals surface area (Å²) in [5, 5.41) is 0. The second-order valence-corrected chi connectivity index (χ2v) is 4.95. The summed E-state index contributed by atoms with van der Waals surface area (Å²) in [5.74, 6) is 2.62. The van der Waals surface area contributed by atoms with E-state index in [1.54, 1.807) is 0 Å². The summed E-state index contributed by atoms with van der Waals surface area (Å²) < 4.78 is 0. The number of nitrogens with zero attached hydrogens (tertiary/aromatic N) is 3. The van der Waals surface area contributed by atoms with Crippen molar-refractivity contribution in [1.29, 1.82) is 0 Å². The first-order chi connectivity index (χ1) is 7.95. The van der Waals surface area contributed by atoms with E-state index in [0.717, 1.165) is 24.6 Å². The highest BCUT2D eigenvalue weighted by Gasteiger charge is 2.14. The molecule has 1 rings (SSSR count). The van der Waals surface area contributed by atoms with Crippen molar-refractivity contribution in [2.75, 3.05) is 17.2 Å². The van der Waals surface area contributed by atoms with Gasteiger partial charge in [0, 0.05) is 24.6 Å². The summed E-state index contributed by atoms with van der Waals surface area (Å²) in [5.41, 5.74) is 5.85. The van der Waals surface area contributed by atoms with Crippen LogP contribution in [0, 0.1) is 0 Å². The molecule has 1 aromatic rings. The molecule has 0 saturated carbocycles. The average Bonchev–Trinajstić information content (AvgIpc) is 2.24. The van der Waals surface area contributed by atoms with Crippen LogP contribution >= 0.6 is 0 Å². The average molecular weight is 236 g/mol. The predicted octanol–water partition coefficient (Wildman–Crippen LogP) is 2.81. The van der Waals surface area contributed by atoms with Gasteiger partial charge in [-0.15, -0.1) is 0 Å². The van der Waals surface area contributed by atoms with E-state index in [0.29, 0.717) is 17.8 Å². The molecule has 1 aromatic heterocycles. The van der Waals surface area contributed by atoms with Gasteiger partial charge in [0.05, 0.1) is 0 Å². The van der Waals surface area contributed by atoms with E-state index in [4.69, 9.17) is 5.73 Å². The molecule has 1 heterocycles. The molecule has 0 aliphatic rings. The molecule has 0 aromatic carbocycles. The van der Waals surface area contributed by atoms with E-state index < -0.39 is 0 Å². The molecule has 96 valence electrons. The molecule has 4 nitrogen and oxygen atoms in total. The second kappa shape index (κ2) is 5.84. The lowest BCUT2D eigenvalue weighted by molar-refractivity contribution is 0.654. The summed E-state index contributed by atoms with van der Waals surface area (Å²) in [6.07, 6.45) is 1.10. The highest BCUT2D eigenvalue weighted by Crippen LogP contribution is 2.20. The standard InChI is InChI=1S/C13H24N4/c1-6-7-17(10(4)5)12-8-11(14)15-13(16-12)9(2)3/h8-10H,6-7H2,1-5H3,(H2,14,15,16). The van der Waals surface area contributed by atoms with Crippen molar-refractivity contribution in [3.05, 3.63) is 11.9 Å². The van der Waals surface area contributed by atoms with Gasteiger partial charge in [0.1, 0.15) is 17.5 Å². The largest absolute Gasteiger partial charge is 0.384 e. The van der Waals surface area contributed by atoms with Crippen molar-refractivity contribution in [3.63, 3.8) is 0 Å². The fourth-order valence-electron chi connectivity index (χ4n) is 1.75. The van der Waals surface area contributed by atoms with Gasteiger partial charge in [0.15, 0.2) is 0 Å². The van der Waals surface area contributed by atoms with Gasteiger partial charge in [-0.05, 0) is 20.3 Å². The number of nitrogens with two attached hydrogens (primary N) is 1. The van der Waals surface area contributed by atoms with Gasteiger partial charge in [-0.2, -0.15) is 0 Å². The van der Waals surface area contributed by atoms with E-state index in [1.165, 1.54) is 0 Å². The third kappa shape index (κ3) is 3.58. The topological polar surface area (TPSA) is 55.0 Å². The van der Waals surface area contributed by atoms with Crippen LogP contribution in [0.4, 0.5) is 11.6 Å². The van der Waals surface area contributed by atoms with Crippen LogP contribution in [0.5, 0.6) is 0 Å². The molecule has 0 aliphatic carbocycles. The fourth-order valence-corrected chi connectivity index (χ4v) is 1.75. The molecule has 2 N–H and O–H groups in total. The maximum Gasteiger partial charge on any atom is 0.135 e. The van der Waals surface area contributed by atoms with Crippen molar-refractivity contribution >= 4 is 11.6 Å². The molecular formula is C13H24N4. The quantitative estimate of drug-likeness (QED) is 0.854. The molecule has 0 atom stereocenters. The summed E-state index contributed by atoms with van der Waals surface area (Å²) >= 11 is 0. The normalized spacial score (nSPS) is 11.2. The Bertz CT molecular complexity index is 360. The van der Waals surface area contributed by atoms with E-state index in [-0.39, 0.29) is 0 Å². The van der Waals surface area contributed by atoms with Crippen molar-refractivity contribution in [2.45, 2.75) is 53.0 Å². The van der Waals surface area contributed by atoms with Crippen LogP contribution in [0.15, 0.2) is 6.07 Å². The maximum absolute atomic E-state index is 5.85. The molecular weight excluding hydrogens is 212 g/mol. The highest BCUT2D eigenvalue weighted by molar-refractivity contribution is 5.47. The Hall–Kier alpha value is -1.32. The smallest absolute Gasteiger partial charge is 0.135 e. The van der Waals surface area contributed by atoms with Crippen LogP contribution in [-0.2, 0) is 0 Å². The molecule has 0 fully saturated rings. The first-order valence-electron chi connectivity index (χ1n) is 6.36. The minimum atomic E-state index is 0.299. The third-order valence-electron chi connectivity index (χ3n) is 2.65. The second-order valence-electron chi connectivity index (χ2n) is 4.95. The lowest BCUT2D eigenvalue weighted by Crippen LogP contribution is -2.32. The Kier molecular flexibility index (Phi) is 4.73. The lowest BCUT2D eigenvalue weighted by Gasteiger charge is -2.28. The lowest BCUT2D eigenvalue weighted by atomic mass is 10.2. The zero-order chi connectivity index (χ0) is 13.0. The van der Waals surface area contributed by atoms with Crippen molar-refractivity contribution in [2.24, 2.45) is 0 Å². The molecule has 0 spiro atoms. The monoisotopic (exact) mass is 236 g/mol. The SMILES string of the molecule is CCCN(c1cc(N)nc(C(C)C)n1)C(C)C. The summed E-state index contributed by atoms with van der Waals surface area (Å²) in [7, 11) is 0. The number of anilines is 2. The zero-order valence-electron chi connectivity index (χ0n) is 11.6. The number of hydrogen-bond acceptors (Lipinski definition) is 4. The summed E-state index contributed by atoms with van der Waals surface area (Å²) in [6.45, 7) is 11.7. The van der Waals surface area contributed by atoms with Gasteiger partial charge in [0.2, 0.25) is 0 Å². The maximum atomic E-state index is 5.85. The minimum Gasteiger partial charge on any atom is -0.384 e. The van der Waals surface area contributed by atoms with Crippen LogP contribution in [-0.4, -0.2) is 22.6 Å². The van der Waals surface area contributed by atoms with Crippen molar-refractivity contribution in [1.82, 2.24) is 9.97 Å². The fraction of sp³-hybridized carbons (Fsp3) is 0.692. The van der Waals surface area contributed by atoms with Crippen molar-refractivity contribution < 1.29 is 0 Å². The zero-order valence-corrected chi connectivity index (χ0v) is 11.6. The van der Waals surface area contributed by atoms with Gasteiger partial charge in [-0.1, -0.05) is 20.8 Å². The highest BCUT2D eigenvalue weighted by atomic mass is 15.2. The Morgan fingerprint density at radius 2 is 1.88 bits per heavy atom. The van der Waals surface area contributed by atoms with Crippen LogP contribution in [0.1, 0.15) is 52.8 Å². The van der Waals surface area contributed by atoms with E-state index in [1.807, 2.05) is 6.07 Å². The van der Waals surface area contributed by atoms with Crippen LogP contribution in [0.25, 0.3) is 0 Å². The van der Waals surface area contributed by atoms with Gasteiger partial charge < -0.3 is 10.6 Å². The molecule has 0 unspecified atom stereocenters. The van der Waals surface area contributed by atoms with E-state index >= 15 is 0 Å². The van der Waals surface area contributed by atoms with Crippen molar-refractivity contribution in [3.8, 4) is 0 Å². The molecule has 0 saturated heterocycles. The predicted molar refractivity (Wildman–Crippen MR) is 73.3 cm³/mol. The van der Waals surface area contributed by atoms with E-state index in [2.05, 4.69) is 49.5 Å². The first-order valence-corrected chi connectivity index (χ1v) is 6.36. The number of rotatable bonds is 5. The molecule has 0 amide bonds. The Morgan fingerprint density at radius 1 is 1.24 bits per heavy atom. The van der Waals surface area contributed by atoms with Gasteiger partial charge >= 0.3 is 0 Å². The molecule has 0 bridgehead atoms. The molecule has 17 heavy (non-hydrogen) atoms. The third-order valence-corrected chi connectivity index (χ3v) is 2.65. The molecule has 0 aliphatic heterocycles. The van der Waals surface area contributed by atoms with Crippen LogP contribution in [0.3, 0.4) is 0 Å². The van der Waals surface area contributed by atoms with Crippen LogP contribution in [0.2, 0.25) is 0 Å². The minimum absolute atomic E-state index is 0.299. The summed E-state index contributed by atoms with van der Waals surface area (Å²) in [4.78, 5) is 11.2. The van der Waals surface area contributed by atoms with Crippen LogP contribution < -0.4 is 10.6 Å². The number of hydrogen-bond donors (Lipinski definition) is 1. The molecule has 4 heteroatoms. The van der Waals surface area contributed by atoms with E-state index in [9.17, 15) is 0 Å². The first kappa shape index (κ1) is 13.7. The summed E-state index contributed by atoms with van der Waals surface area (Å²) in [6, 6.07) is 2.28. The number of nitrogen functional groups attached to an aromatic ring is 1. The van der Waals surface area contributed by atoms with Gasteiger partial charge in [-0.3, -0.25) is 0 Å². The Balaban J connectivity index is 3.10. The van der Waals surface area contributed by atoms with Gasteiger partial charge in [0.25, 0.3) is 0 Å². The molecule has 0 radical (unpaired) electrons. The van der Waals surface area contributed by atoms with Gasteiger partial charge in [-0.25, -0.2) is 9.97 Å². The Labute approximate surface area is 104 Å². The Morgan fingerprint density at radius 3 is 2.35 bits per heavy atom.